The van der Waals surface area contributed by atoms with E-state index in [4.69, 9.17) is 9.84 Å². The highest BCUT2D eigenvalue weighted by Gasteiger charge is 2.49. The van der Waals surface area contributed by atoms with Crippen molar-refractivity contribution in [3.63, 3.8) is 0 Å². The van der Waals surface area contributed by atoms with E-state index in [1.54, 1.807) is 0 Å². The lowest BCUT2D eigenvalue weighted by molar-refractivity contribution is -0.137. The largest absolute Gasteiger partial charge is 0.480 e. The van der Waals surface area contributed by atoms with Crippen LogP contribution in [-0.4, -0.2) is 54.4 Å². The maximum absolute atomic E-state index is 11.7. The highest BCUT2D eigenvalue weighted by Crippen LogP contribution is 2.42. The maximum atomic E-state index is 11.7. The second-order valence-corrected chi connectivity index (χ2v) is 5.25. The predicted octanol–water partition coefficient (Wildman–Crippen LogP) is 0.916. The summed E-state index contributed by atoms with van der Waals surface area (Å²) in [5.74, 6) is -1.02. The third-order valence-corrected chi connectivity index (χ3v) is 3.56. The van der Waals surface area contributed by atoms with E-state index < -0.39 is 5.97 Å². The fraction of sp³-hybridized carbons (Fsp3) is 0.833. The van der Waals surface area contributed by atoms with Crippen LogP contribution >= 0.6 is 0 Å². The van der Waals surface area contributed by atoms with E-state index in [1.807, 2.05) is 20.8 Å². The number of carbonyl (C=O) groups excluding carboxylic acids is 1. The lowest BCUT2D eigenvalue weighted by Gasteiger charge is -2.51. The van der Waals surface area contributed by atoms with Crippen molar-refractivity contribution in [3.8, 4) is 0 Å². The Bertz CT molecular complexity index is 330. The van der Waals surface area contributed by atoms with Crippen molar-refractivity contribution in [1.29, 1.82) is 0 Å². The van der Waals surface area contributed by atoms with Crippen molar-refractivity contribution in [2.24, 2.45) is 5.41 Å². The number of likely N-dealkylation sites (N-methyl/N-ethyl adjacent to an activating group) is 1. The quantitative estimate of drug-likeness (QED) is 0.768. The molecule has 2 N–H and O–H groups in total. The number of carboxylic acid groups (broad SMARTS) is 1. The van der Waals surface area contributed by atoms with Crippen molar-refractivity contribution < 1.29 is 19.4 Å². The molecule has 0 aromatic rings. The Balaban J connectivity index is 2.45. The van der Waals surface area contributed by atoms with Crippen molar-refractivity contribution in [2.45, 2.75) is 39.3 Å². The second-order valence-electron chi connectivity index (χ2n) is 5.25. The SMILES string of the molecule is CCOC1CC(NC(=O)N(C)CC(=O)O)C1(C)C. The zero-order chi connectivity index (χ0) is 13.9. The van der Waals surface area contributed by atoms with E-state index in [9.17, 15) is 9.59 Å². The van der Waals surface area contributed by atoms with Gasteiger partial charge in [0.25, 0.3) is 0 Å². The Labute approximate surface area is 107 Å². The number of hydrogen-bond donors (Lipinski definition) is 2. The number of nitrogens with zero attached hydrogens (tertiary/aromatic N) is 1. The lowest BCUT2D eigenvalue weighted by atomic mass is 9.64. The van der Waals surface area contributed by atoms with E-state index >= 15 is 0 Å². The van der Waals surface area contributed by atoms with Gasteiger partial charge in [-0.05, 0) is 13.3 Å². The second kappa shape index (κ2) is 5.56. The molecule has 0 aromatic carbocycles. The first-order valence-corrected chi connectivity index (χ1v) is 6.14. The number of rotatable bonds is 5. The van der Waals surface area contributed by atoms with Crippen molar-refractivity contribution in [1.82, 2.24) is 10.2 Å². The highest BCUT2D eigenvalue weighted by atomic mass is 16.5. The highest BCUT2D eigenvalue weighted by molar-refractivity contribution is 5.80. The first kappa shape index (κ1) is 14.8. The Morgan fingerprint density at radius 3 is 2.56 bits per heavy atom. The topological polar surface area (TPSA) is 78.9 Å². The molecule has 0 aliphatic heterocycles. The van der Waals surface area contributed by atoms with Crippen LogP contribution in [0.2, 0.25) is 0 Å². The van der Waals surface area contributed by atoms with Gasteiger partial charge in [0, 0.05) is 25.1 Å². The van der Waals surface area contributed by atoms with Crippen LogP contribution in [0.1, 0.15) is 27.2 Å². The van der Waals surface area contributed by atoms with Crippen LogP contribution in [0.5, 0.6) is 0 Å². The minimum Gasteiger partial charge on any atom is -0.480 e. The van der Waals surface area contributed by atoms with Crippen LogP contribution in [0.25, 0.3) is 0 Å². The summed E-state index contributed by atoms with van der Waals surface area (Å²) in [7, 11) is 1.47. The Morgan fingerprint density at radius 2 is 2.11 bits per heavy atom. The van der Waals surface area contributed by atoms with Gasteiger partial charge in [0.05, 0.1) is 6.10 Å². The number of urea groups is 1. The molecule has 1 aliphatic rings. The molecule has 6 heteroatoms. The zero-order valence-corrected chi connectivity index (χ0v) is 11.4. The standard InChI is InChI=1S/C12H22N2O4/c1-5-18-9-6-8(12(9,2)3)13-11(17)14(4)7-10(15)16/h8-9H,5-7H2,1-4H3,(H,13,17)(H,15,16). The van der Waals surface area contributed by atoms with Crippen molar-refractivity contribution in [3.05, 3.63) is 0 Å². The van der Waals surface area contributed by atoms with Gasteiger partial charge in [0.15, 0.2) is 0 Å². The summed E-state index contributed by atoms with van der Waals surface area (Å²) in [6.07, 6.45) is 0.922. The summed E-state index contributed by atoms with van der Waals surface area (Å²) in [5.41, 5.74) is -0.115. The first-order chi connectivity index (χ1) is 8.28. The summed E-state index contributed by atoms with van der Waals surface area (Å²) in [5, 5.41) is 11.5. The van der Waals surface area contributed by atoms with Crippen molar-refractivity contribution in [2.75, 3.05) is 20.2 Å². The number of amides is 2. The molecule has 0 spiro atoms. The summed E-state index contributed by atoms with van der Waals surface area (Å²) in [4.78, 5) is 23.4. The Morgan fingerprint density at radius 1 is 1.50 bits per heavy atom. The molecule has 6 nitrogen and oxygen atoms in total. The van der Waals surface area contributed by atoms with Gasteiger partial charge in [-0.2, -0.15) is 0 Å². The fourth-order valence-electron chi connectivity index (χ4n) is 2.15. The summed E-state index contributed by atoms with van der Waals surface area (Å²) >= 11 is 0. The average molecular weight is 258 g/mol. The van der Waals surface area contributed by atoms with Gasteiger partial charge in [-0.25, -0.2) is 4.79 Å². The van der Waals surface area contributed by atoms with Gasteiger partial charge in [-0.3, -0.25) is 4.79 Å². The third kappa shape index (κ3) is 3.13. The first-order valence-electron chi connectivity index (χ1n) is 6.14. The number of carboxylic acids is 1. The van der Waals surface area contributed by atoms with E-state index in [0.717, 1.165) is 11.3 Å². The molecule has 0 aromatic heterocycles. The van der Waals surface area contributed by atoms with E-state index in [-0.39, 0.29) is 30.1 Å². The lowest BCUT2D eigenvalue weighted by Crippen LogP contribution is -2.63. The normalized spacial score (nSPS) is 25.1. The van der Waals surface area contributed by atoms with Gasteiger partial charge in [-0.15, -0.1) is 0 Å². The van der Waals surface area contributed by atoms with Gasteiger partial charge in [0.2, 0.25) is 0 Å². The number of nitrogens with one attached hydrogen (secondary N) is 1. The molecule has 1 aliphatic carbocycles. The Kier molecular flexibility index (Phi) is 4.56. The van der Waals surface area contributed by atoms with E-state index in [2.05, 4.69) is 5.32 Å². The molecule has 1 fully saturated rings. The fourth-order valence-corrected chi connectivity index (χ4v) is 2.15. The average Bonchev–Trinajstić information content (AvgIpc) is 2.26. The summed E-state index contributed by atoms with van der Waals surface area (Å²) in [6, 6.07) is -0.330. The number of carbonyl (C=O) groups is 2. The molecule has 104 valence electrons. The number of aliphatic carboxylic acids is 1. The van der Waals surface area contributed by atoms with Gasteiger partial charge >= 0.3 is 12.0 Å². The van der Waals surface area contributed by atoms with Gasteiger partial charge < -0.3 is 20.1 Å². The minimum absolute atomic E-state index is 0.0257. The van der Waals surface area contributed by atoms with Gasteiger partial charge in [-0.1, -0.05) is 13.8 Å². The zero-order valence-electron chi connectivity index (χ0n) is 11.4. The third-order valence-electron chi connectivity index (χ3n) is 3.56. The number of ether oxygens (including phenoxy) is 1. The monoisotopic (exact) mass is 258 g/mol. The van der Waals surface area contributed by atoms with Crippen LogP contribution < -0.4 is 5.32 Å². The van der Waals surface area contributed by atoms with Crippen LogP contribution in [0.15, 0.2) is 0 Å². The molecule has 18 heavy (non-hydrogen) atoms. The maximum Gasteiger partial charge on any atom is 0.323 e. The molecule has 1 rings (SSSR count). The Hall–Kier alpha value is -1.30. The molecule has 0 heterocycles. The number of hydrogen-bond acceptors (Lipinski definition) is 3. The molecular formula is C12H22N2O4. The molecule has 2 atom stereocenters. The van der Waals surface area contributed by atoms with E-state index in [0.29, 0.717) is 6.61 Å². The molecule has 0 saturated heterocycles. The van der Waals surface area contributed by atoms with Crippen LogP contribution in [0.3, 0.4) is 0 Å². The molecule has 0 bridgehead atoms. The summed E-state index contributed by atoms with van der Waals surface area (Å²) in [6.45, 7) is 6.39. The smallest absolute Gasteiger partial charge is 0.323 e. The molecule has 0 radical (unpaired) electrons. The molecule has 2 amide bonds. The van der Waals surface area contributed by atoms with Crippen LogP contribution in [0, 0.1) is 5.41 Å². The molecule has 2 unspecified atom stereocenters. The van der Waals surface area contributed by atoms with E-state index in [1.165, 1.54) is 7.05 Å². The van der Waals surface area contributed by atoms with Crippen LogP contribution in [-0.2, 0) is 9.53 Å². The minimum atomic E-state index is -1.02. The molecular weight excluding hydrogens is 236 g/mol. The molecule has 1 saturated carbocycles. The van der Waals surface area contributed by atoms with Crippen molar-refractivity contribution >= 4 is 12.0 Å². The summed E-state index contributed by atoms with van der Waals surface area (Å²) < 4.78 is 5.57. The van der Waals surface area contributed by atoms with Crippen LogP contribution in [0.4, 0.5) is 4.79 Å². The predicted molar refractivity (Wildman–Crippen MR) is 66.4 cm³/mol. The van der Waals surface area contributed by atoms with Gasteiger partial charge in [0.1, 0.15) is 6.54 Å².